The lowest BCUT2D eigenvalue weighted by Crippen LogP contribution is -2.51. The number of pyridine rings is 1. The van der Waals surface area contributed by atoms with E-state index in [0.29, 0.717) is 43.4 Å². The minimum absolute atomic E-state index is 0.0350. The van der Waals surface area contributed by atoms with Crippen molar-refractivity contribution in [1.29, 1.82) is 0 Å². The van der Waals surface area contributed by atoms with Gasteiger partial charge in [0.2, 0.25) is 16.8 Å². The topological polar surface area (TPSA) is 135 Å². The van der Waals surface area contributed by atoms with E-state index in [9.17, 15) is 13.2 Å². The van der Waals surface area contributed by atoms with Crippen LogP contribution in [0.4, 0.5) is 4.79 Å². The monoisotopic (exact) mass is 749 g/mol. The van der Waals surface area contributed by atoms with Crippen LogP contribution in [0.2, 0.25) is 0 Å². The van der Waals surface area contributed by atoms with Crippen LogP contribution in [0.25, 0.3) is 0 Å². The number of sulfonamides is 1. The van der Waals surface area contributed by atoms with Crippen LogP contribution in [0, 0.1) is 11.8 Å². The molecule has 1 aliphatic carbocycles. The molecule has 0 spiro atoms. The van der Waals surface area contributed by atoms with E-state index < -0.39 is 40.1 Å². The van der Waals surface area contributed by atoms with Crippen LogP contribution < -0.4 is 14.2 Å². The summed E-state index contributed by atoms with van der Waals surface area (Å²) in [5, 5.41) is 0. The normalized spacial score (nSPS) is 26.3. The Bertz CT molecular complexity index is 1850. The first-order valence-electron chi connectivity index (χ1n) is 18.6. The summed E-state index contributed by atoms with van der Waals surface area (Å²) in [4.78, 5) is 20.4. The molecule has 8 rings (SSSR count). The highest BCUT2D eigenvalue weighted by Gasteiger charge is 2.53. The number of hydrogen-bond donors (Lipinski definition) is 0. The Morgan fingerprint density at radius 3 is 2.58 bits per heavy atom. The van der Waals surface area contributed by atoms with Crippen molar-refractivity contribution >= 4 is 16.1 Å². The fourth-order valence-electron chi connectivity index (χ4n) is 8.28. The van der Waals surface area contributed by atoms with Crippen molar-refractivity contribution in [3.8, 4) is 17.2 Å². The zero-order valence-electron chi connectivity index (χ0n) is 30.1. The van der Waals surface area contributed by atoms with E-state index in [-0.39, 0.29) is 43.0 Å². The maximum Gasteiger partial charge on any atom is 0.412 e. The summed E-state index contributed by atoms with van der Waals surface area (Å²) in [6.45, 7) is 5.24. The summed E-state index contributed by atoms with van der Waals surface area (Å²) in [5.74, 6) is 1.78. The minimum Gasteiger partial charge on any atom is -0.487 e. The molecule has 1 amide bonds. The van der Waals surface area contributed by atoms with Crippen LogP contribution in [0.1, 0.15) is 57.2 Å². The highest BCUT2D eigenvalue weighted by atomic mass is 32.2. The van der Waals surface area contributed by atoms with Crippen molar-refractivity contribution < 1.29 is 46.4 Å². The fourth-order valence-corrected chi connectivity index (χ4v) is 9.83. The molecular weight excluding hydrogens is 703 g/mol. The number of rotatable bonds is 12. The lowest BCUT2D eigenvalue weighted by molar-refractivity contribution is -0.0911. The van der Waals surface area contributed by atoms with Crippen LogP contribution in [0.3, 0.4) is 0 Å². The Hall–Kier alpha value is -3.95. The van der Waals surface area contributed by atoms with Crippen molar-refractivity contribution in [2.45, 2.75) is 94.1 Å². The van der Waals surface area contributed by atoms with Crippen molar-refractivity contribution in [3.05, 3.63) is 78.1 Å². The Kier molecular flexibility index (Phi) is 10.2. The second-order valence-electron chi connectivity index (χ2n) is 14.9. The number of fused-ring (bicyclic) bond motifs is 2. The van der Waals surface area contributed by atoms with E-state index in [1.165, 1.54) is 6.07 Å². The summed E-state index contributed by atoms with van der Waals surface area (Å²) in [6, 6.07) is 17.6. The van der Waals surface area contributed by atoms with Gasteiger partial charge in [0, 0.05) is 25.4 Å². The molecule has 0 radical (unpaired) electrons. The number of amides is 1. The first-order chi connectivity index (χ1) is 25.6. The number of ether oxygens (including phenoxy) is 7. The smallest absolute Gasteiger partial charge is 0.412 e. The lowest BCUT2D eigenvalue weighted by Gasteiger charge is -2.34. The number of aromatic nitrogens is 1. The molecular formula is C39H47N3O10S. The van der Waals surface area contributed by atoms with Gasteiger partial charge in [-0.05, 0) is 87.4 Å². The molecule has 0 N–H and O–H groups in total. The number of carbonyl (C=O) groups excluding carboxylic acids is 1. The molecule has 5 aliphatic rings. The first kappa shape index (κ1) is 36.0. The van der Waals surface area contributed by atoms with E-state index >= 15 is 0 Å². The standard InChI is InChI=1S/C39H47N3O10S/c1-39(2)42(38(43)51-36-24-48-37-31(36)16-18-46-37)32(19-26-10-12-29(13-11-26)47-23-28-9-5-6-17-40-28)35(52-39)22-41(21-27-7-3-4-8-27)53(44,45)30-14-15-33-34(20-30)50-25-49-33/h5-6,9-15,17,20,27,31-32,35-37H,3-4,7-8,16,18-19,21-25H2,1-2H3/t31?,32-,35+,36-,37+/m0/s1. The quantitative estimate of drug-likeness (QED) is 0.232. The summed E-state index contributed by atoms with van der Waals surface area (Å²) in [6.07, 6.45) is 4.88. The van der Waals surface area contributed by atoms with Gasteiger partial charge in [0.25, 0.3) is 0 Å². The zero-order valence-corrected chi connectivity index (χ0v) is 30.9. The Labute approximate surface area is 310 Å². The van der Waals surface area contributed by atoms with E-state index in [1.54, 1.807) is 27.5 Å². The molecule has 3 saturated heterocycles. The second kappa shape index (κ2) is 15.1. The molecule has 0 bridgehead atoms. The van der Waals surface area contributed by atoms with Gasteiger partial charge in [-0.2, -0.15) is 4.31 Å². The number of carbonyl (C=O) groups is 1. The van der Waals surface area contributed by atoms with Gasteiger partial charge in [-0.25, -0.2) is 13.2 Å². The summed E-state index contributed by atoms with van der Waals surface area (Å²) < 4.78 is 71.9. The van der Waals surface area contributed by atoms with Crippen molar-refractivity contribution in [3.63, 3.8) is 0 Å². The van der Waals surface area contributed by atoms with E-state index in [1.807, 2.05) is 56.3 Å². The predicted octanol–water partition coefficient (Wildman–Crippen LogP) is 5.52. The maximum atomic E-state index is 14.5. The van der Waals surface area contributed by atoms with Crippen LogP contribution >= 0.6 is 0 Å². The molecule has 1 saturated carbocycles. The summed E-state index contributed by atoms with van der Waals surface area (Å²) in [5.41, 5.74) is 0.642. The number of benzene rings is 2. The third-order valence-electron chi connectivity index (χ3n) is 11.0. The molecule has 13 nitrogen and oxygen atoms in total. The number of hydrogen-bond acceptors (Lipinski definition) is 11. The molecule has 1 aromatic heterocycles. The predicted molar refractivity (Wildman–Crippen MR) is 191 cm³/mol. The van der Waals surface area contributed by atoms with Crippen molar-refractivity contribution in [2.24, 2.45) is 11.8 Å². The highest BCUT2D eigenvalue weighted by molar-refractivity contribution is 7.89. The Balaban J connectivity index is 1.07. The van der Waals surface area contributed by atoms with Gasteiger partial charge >= 0.3 is 6.09 Å². The molecule has 284 valence electrons. The average molecular weight is 750 g/mol. The van der Waals surface area contributed by atoms with Gasteiger partial charge in [0.05, 0.1) is 41.9 Å². The van der Waals surface area contributed by atoms with E-state index in [0.717, 1.165) is 43.4 Å². The molecule has 4 aliphatic heterocycles. The Morgan fingerprint density at radius 1 is 0.981 bits per heavy atom. The van der Waals surface area contributed by atoms with E-state index in [4.69, 9.17) is 33.2 Å². The first-order valence-corrected chi connectivity index (χ1v) is 20.0. The van der Waals surface area contributed by atoms with Gasteiger partial charge in [-0.1, -0.05) is 31.0 Å². The second-order valence-corrected chi connectivity index (χ2v) is 16.9. The van der Waals surface area contributed by atoms with Gasteiger partial charge in [0.1, 0.15) is 24.2 Å². The third-order valence-corrected chi connectivity index (χ3v) is 12.8. The van der Waals surface area contributed by atoms with Gasteiger partial charge in [-0.15, -0.1) is 0 Å². The van der Waals surface area contributed by atoms with Crippen LogP contribution in [0.5, 0.6) is 17.2 Å². The molecule has 2 aromatic carbocycles. The lowest BCUT2D eigenvalue weighted by atomic mass is 9.99. The summed E-state index contributed by atoms with van der Waals surface area (Å²) >= 11 is 0. The van der Waals surface area contributed by atoms with Gasteiger partial charge < -0.3 is 33.2 Å². The van der Waals surface area contributed by atoms with Gasteiger partial charge in [0.15, 0.2) is 17.8 Å². The average Bonchev–Trinajstić information content (AvgIpc) is 3.99. The van der Waals surface area contributed by atoms with Crippen LogP contribution in [-0.2, 0) is 42.0 Å². The highest BCUT2D eigenvalue weighted by Crippen LogP contribution is 2.40. The van der Waals surface area contributed by atoms with Crippen molar-refractivity contribution in [2.75, 3.05) is 33.1 Å². The van der Waals surface area contributed by atoms with Crippen LogP contribution in [0.15, 0.2) is 71.8 Å². The Morgan fingerprint density at radius 2 is 1.79 bits per heavy atom. The minimum atomic E-state index is -4.00. The molecule has 14 heteroatoms. The molecule has 5 heterocycles. The largest absolute Gasteiger partial charge is 0.487 e. The van der Waals surface area contributed by atoms with Crippen molar-refractivity contribution in [1.82, 2.24) is 14.2 Å². The fraction of sp³-hybridized carbons (Fsp3) is 0.538. The van der Waals surface area contributed by atoms with Crippen LogP contribution in [-0.4, -0.2) is 92.1 Å². The third kappa shape index (κ3) is 7.70. The molecule has 53 heavy (non-hydrogen) atoms. The molecule has 1 unspecified atom stereocenters. The maximum absolute atomic E-state index is 14.5. The SMILES string of the molecule is CC1(C)O[C@H](CN(CC2CCCC2)S(=O)(=O)c2ccc3c(c2)OCO3)[C@H](Cc2ccc(OCc3ccccn3)cc2)N1C(=O)O[C@H]1CO[C@H]2OCCC21. The summed E-state index contributed by atoms with van der Waals surface area (Å²) in [7, 11) is -4.00. The zero-order chi connectivity index (χ0) is 36.6. The van der Waals surface area contributed by atoms with Gasteiger partial charge in [-0.3, -0.25) is 9.88 Å². The molecule has 4 fully saturated rings. The molecule has 5 atom stereocenters. The van der Waals surface area contributed by atoms with E-state index in [2.05, 4.69) is 4.98 Å². The molecule has 3 aromatic rings. The number of nitrogens with zero attached hydrogens (tertiary/aromatic N) is 3.